The second-order valence-electron chi connectivity index (χ2n) is 6.69. The maximum absolute atomic E-state index is 11.8. The van der Waals surface area contributed by atoms with Gasteiger partial charge in [-0.05, 0) is 40.2 Å². The number of ether oxygens (including phenoxy) is 1. The summed E-state index contributed by atoms with van der Waals surface area (Å²) in [5.74, 6) is -0.153. The van der Waals surface area contributed by atoms with Crippen LogP contribution in [0.5, 0.6) is 0 Å². The molecule has 3 nitrogen and oxygen atoms in total. The van der Waals surface area contributed by atoms with Gasteiger partial charge in [-0.1, -0.05) is 20.8 Å². The summed E-state index contributed by atoms with van der Waals surface area (Å²) < 4.78 is 5.35. The first kappa shape index (κ1) is 15.4. The molecule has 16 heavy (non-hydrogen) atoms. The van der Waals surface area contributed by atoms with Gasteiger partial charge in [0.05, 0.1) is 0 Å². The number of hydrogen-bond acceptors (Lipinski definition) is 3. The maximum atomic E-state index is 11.8. The van der Waals surface area contributed by atoms with E-state index in [1.165, 1.54) is 0 Å². The van der Waals surface area contributed by atoms with Gasteiger partial charge in [0.15, 0.2) is 0 Å². The highest BCUT2D eigenvalue weighted by Gasteiger charge is 2.26. The van der Waals surface area contributed by atoms with Crippen LogP contribution in [-0.2, 0) is 9.53 Å². The van der Waals surface area contributed by atoms with Crippen molar-refractivity contribution < 1.29 is 9.53 Å². The van der Waals surface area contributed by atoms with Crippen LogP contribution >= 0.6 is 0 Å². The number of esters is 1. The summed E-state index contributed by atoms with van der Waals surface area (Å²) in [4.78, 5) is 13.9. The summed E-state index contributed by atoms with van der Waals surface area (Å²) >= 11 is 0. The standard InChI is InChI=1S/C13H27NO2/c1-10(11(15)16-13(5,6)7)14(8)9-12(2,3)4/h10H,9H2,1-8H3. The lowest BCUT2D eigenvalue weighted by Crippen LogP contribution is -2.43. The number of likely N-dealkylation sites (N-methyl/N-ethyl adjacent to an activating group) is 1. The first-order valence-corrected chi connectivity index (χ1v) is 5.85. The number of carbonyl (C=O) groups excluding carboxylic acids is 1. The van der Waals surface area contributed by atoms with Gasteiger partial charge in [0.2, 0.25) is 0 Å². The van der Waals surface area contributed by atoms with Crippen LogP contribution in [0.4, 0.5) is 0 Å². The van der Waals surface area contributed by atoms with Crippen molar-refractivity contribution in [2.45, 2.75) is 60.1 Å². The molecule has 0 rings (SSSR count). The Bertz CT molecular complexity index is 235. The largest absolute Gasteiger partial charge is 0.459 e. The molecule has 1 atom stereocenters. The van der Waals surface area contributed by atoms with E-state index in [-0.39, 0.29) is 17.4 Å². The van der Waals surface area contributed by atoms with Gasteiger partial charge in [-0.25, -0.2) is 0 Å². The van der Waals surface area contributed by atoms with E-state index < -0.39 is 5.60 Å². The van der Waals surface area contributed by atoms with E-state index in [9.17, 15) is 4.79 Å². The molecular formula is C13H27NO2. The van der Waals surface area contributed by atoms with E-state index in [4.69, 9.17) is 4.74 Å². The van der Waals surface area contributed by atoms with Gasteiger partial charge in [-0.3, -0.25) is 9.69 Å². The molecule has 0 saturated carbocycles. The molecule has 0 aromatic rings. The molecule has 1 unspecified atom stereocenters. The van der Waals surface area contributed by atoms with Gasteiger partial charge in [0.1, 0.15) is 11.6 Å². The Kier molecular flexibility index (Phi) is 4.99. The molecular weight excluding hydrogens is 202 g/mol. The third-order valence-electron chi connectivity index (χ3n) is 2.13. The van der Waals surface area contributed by atoms with Gasteiger partial charge < -0.3 is 4.74 Å². The normalized spacial score (nSPS) is 15.1. The van der Waals surface area contributed by atoms with Crippen LogP contribution in [0.1, 0.15) is 48.5 Å². The van der Waals surface area contributed by atoms with E-state index in [1.54, 1.807) is 0 Å². The summed E-state index contributed by atoms with van der Waals surface area (Å²) in [7, 11) is 1.96. The van der Waals surface area contributed by atoms with Crippen molar-refractivity contribution in [3.8, 4) is 0 Å². The summed E-state index contributed by atoms with van der Waals surface area (Å²) in [6.45, 7) is 14.9. The average molecular weight is 229 g/mol. The monoisotopic (exact) mass is 229 g/mol. The highest BCUT2D eigenvalue weighted by Crippen LogP contribution is 2.17. The van der Waals surface area contributed by atoms with Gasteiger partial charge in [-0.2, -0.15) is 0 Å². The van der Waals surface area contributed by atoms with Crippen LogP contribution < -0.4 is 0 Å². The highest BCUT2D eigenvalue weighted by atomic mass is 16.6. The fraction of sp³-hybridized carbons (Fsp3) is 0.923. The van der Waals surface area contributed by atoms with Crippen molar-refractivity contribution in [2.24, 2.45) is 5.41 Å². The Morgan fingerprint density at radius 2 is 1.62 bits per heavy atom. The van der Waals surface area contributed by atoms with E-state index in [2.05, 4.69) is 20.8 Å². The Hall–Kier alpha value is -0.570. The lowest BCUT2D eigenvalue weighted by atomic mass is 9.95. The summed E-state index contributed by atoms with van der Waals surface area (Å²) in [5, 5.41) is 0. The van der Waals surface area contributed by atoms with Crippen LogP contribution in [-0.4, -0.2) is 36.1 Å². The van der Waals surface area contributed by atoms with E-state index in [0.717, 1.165) is 6.54 Å². The Morgan fingerprint density at radius 3 is 1.94 bits per heavy atom. The molecule has 0 N–H and O–H groups in total. The fourth-order valence-electron chi connectivity index (χ4n) is 1.45. The Balaban J connectivity index is 4.34. The molecule has 0 spiro atoms. The summed E-state index contributed by atoms with van der Waals surface area (Å²) in [6.07, 6.45) is 0. The molecule has 0 saturated heterocycles. The highest BCUT2D eigenvalue weighted by molar-refractivity contribution is 5.75. The van der Waals surface area contributed by atoms with E-state index in [1.807, 2.05) is 39.6 Å². The number of rotatable bonds is 3. The molecule has 96 valence electrons. The zero-order valence-electron chi connectivity index (χ0n) is 12.0. The number of nitrogens with zero attached hydrogens (tertiary/aromatic N) is 1. The fourth-order valence-corrected chi connectivity index (χ4v) is 1.45. The molecule has 0 heterocycles. The van der Waals surface area contributed by atoms with Crippen molar-refractivity contribution in [3.05, 3.63) is 0 Å². The van der Waals surface area contributed by atoms with Crippen LogP contribution in [0.2, 0.25) is 0 Å². The second-order valence-corrected chi connectivity index (χ2v) is 6.69. The number of hydrogen-bond donors (Lipinski definition) is 0. The lowest BCUT2D eigenvalue weighted by molar-refractivity contribution is -0.160. The van der Waals surface area contributed by atoms with Gasteiger partial charge >= 0.3 is 5.97 Å². The zero-order valence-corrected chi connectivity index (χ0v) is 12.0. The second kappa shape index (κ2) is 5.17. The van der Waals surface area contributed by atoms with E-state index >= 15 is 0 Å². The number of carbonyl (C=O) groups is 1. The Morgan fingerprint density at radius 1 is 1.19 bits per heavy atom. The molecule has 0 radical (unpaired) electrons. The predicted molar refractivity (Wildman–Crippen MR) is 67.4 cm³/mol. The first-order valence-electron chi connectivity index (χ1n) is 5.85. The zero-order chi connectivity index (χ0) is 13.1. The van der Waals surface area contributed by atoms with Crippen LogP contribution in [0.25, 0.3) is 0 Å². The lowest BCUT2D eigenvalue weighted by Gasteiger charge is -2.31. The minimum Gasteiger partial charge on any atom is -0.459 e. The third-order valence-corrected chi connectivity index (χ3v) is 2.13. The van der Waals surface area contributed by atoms with Crippen molar-refractivity contribution in [1.82, 2.24) is 4.90 Å². The summed E-state index contributed by atoms with van der Waals surface area (Å²) in [6, 6.07) is -0.196. The molecule has 0 aliphatic heterocycles. The molecule has 0 fully saturated rings. The van der Waals surface area contributed by atoms with Crippen molar-refractivity contribution in [2.75, 3.05) is 13.6 Å². The van der Waals surface area contributed by atoms with Crippen LogP contribution in [0, 0.1) is 5.41 Å². The smallest absolute Gasteiger partial charge is 0.323 e. The minimum absolute atomic E-state index is 0.153. The SMILES string of the molecule is CC(C(=O)OC(C)(C)C)N(C)CC(C)(C)C. The minimum atomic E-state index is -0.409. The van der Waals surface area contributed by atoms with Crippen molar-refractivity contribution >= 4 is 5.97 Å². The molecule has 0 amide bonds. The summed E-state index contributed by atoms with van der Waals surface area (Å²) in [5.41, 5.74) is -0.223. The molecule has 0 bridgehead atoms. The molecule has 0 aliphatic rings. The quantitative estimate of drug-likeness (QED) is 0.697. The molecule has 0 aromatic heterocycles. The maximum Gasteiger partial charge on any atom is 0.323 e. The molecule has 0 aromatic carbocycles. The Labute approximate surface area is 100 Å². The van der Waals surface area contributed by atoms with Gasteiger partial charge in [-0.15, -0.1) is 0 Å². The van der Waals surface area contributed by atoms with E-state index in [0.29, 0.717) is 0 Å². The predicted octanol–water partition coefficient (Wildman–Crippen LogP) is 2.69. The van der Waals surface area contributed by atoms with Gasteiger partial charge in [0.25, 0.3) is 0 Å². The third kappa shape index (κ3) is 6.83. The average Bonchev–Trinajstić information content (AvgIpc) is 1.96. The van der Waals surface area contributed by atoms with Crippen LogP contribution in [0.15, 0.2) is 0 Å². The van der Waals surface area contributed by atoms with Gasteiger partial charge in [0, 0.05) is 6.54 Å². The molecule has 0 aliphatic carbocycles. The van der Waals surface area contributed by atoms with Crippen LogP contribution in [0.3, 0.4) is 0 Å². The van der Waals surface area contributed by atoms with Crippen molar-refractivity contribution in [3.63, 3.8) is 0 Å². The topological polar surface area (TPSA) is 29.5 Å². The molecule has 3 heteroatoms. The first-order chi connectivity index (χ1) is 6.92. The van der Waals surface area contributed by atoms with Crippen molar-refractivity contribution in [1.29, 1.82) is 0 Å².